The first kappa shape index (κ1) is 32.8. The third kappa shape index (κ3) is 7.29. The van der Waals surface area contributed by atoms with Crippen molar-refractivity contribution >= 4 is 58.0 Å². The lowest BCUT2D eigenvalue weighted by Crippen LogP contribution is -2.52. The quantitative estimate of drug-likeness (QED) is 0.0844. The van der Waals surface area contributed by atoms with Crippen molar-refractivity contribution in [2.75, 3.05) is 36.8 Å². The van der Waals surface area contributed by atoms with Crippen LogP contribution >= 0.6 is 0 Å². The Labute approximate surface area is 289 Å². The van der Waals surface area contributed by atoms with Gasteiger partial charge >= 0.3 is 0 Å². The number of benzene rings is 2. The SMILES string of the molecule is N=C/C(=C\NC1CCN(CCCNc2nccc(Nc3cccc4c3CN(C3CCC(=O)NC3=O)C4=O)n2)CC1)c1cnc2ccccc2n1. The van der Waals surface area contributed by atoms with E-state index in [2.05, 4.69) is 46.1 Å². The third-order valence-corrected chi connectivity index (χ3v) is 9.40. The molecule has 0 aliphatic carbocycles. The van der Waals surface area contributed by atoms with Crippen LogP contribution in [0.25, 0.3) is 16.6 Å². The van der Waals surface area contributed by atoms with Crippen LogP contribution in [-0.2, 0) is 16.1 Å². The Morgan fingerprint density at radius 1 is 0.980 bits per heavy atom. The zero-order valence-corrected chi connectivity index (χ0v) is 27.6. The van der Waals surface area contributed by atoms with Gasteiger partial charge in [0.2, 0.25) is 17.8 Å². The predicted octanol–water partition coefficient (Wildman–Crippen LogP) is 3.47. The minimum atomic E-state index is -0.668. The van der Waals surface area contributed by atoms with E-state index in [1.54, 1.807) is 30.6 Å². The number of hydrogen-bond donors (Lipinski definition) is 5. The molecule has 0 bridgehead atoms. The molecule has 3 aliphatic heterocycles. The molecule has 1 unspecified atom stereocenters. The normalized spacial score (nSPS) is 18.6. The largest absolute Gasteiger partial charge is 0.387 e. The summed E-state index contributed by atoms with van der Waals surface area (Å²) >= 11 is 0. The summed E-state index contributed by atoms with van der Waals surface area (Å²) in [6.07, 6.45) is 10.1. The highest BCUT2D eigenvalue weighted by atomic mass is 16.2. The number of fused-ring (bicyclic) bond motifs is 2. The van der Waals surface area contributed by atoms with Crippen molar-refractivity contribution < 1.29 is 14.4 Å². The Kier molecular flexibility index (Phi) is 9.69. The fourth-order valence-corrected chi connectivity index (χ4v) is 6.67. The highest BCUT2D eigenvalue weighted by Gasteiger charge is 2.39. The van der Waals surface area contributed by atoms with E-state index in [9.17, 15) is 14.4 Å². The summed E-state index contributed by atoms with van der Waals surface area (Å²) in [4.78, 5) is 59.4. The maximum absolute atomic E-state index is 13.2. The van der Waals surface area contributed by atoms with Gasteiger partial charge in [-0.1, -0.05) is 18.2 Å². The van der Waals surface area contributed by atoms with Gasteiger partial charge in [-0.3, -0.25) is 24.7 Å². The molecule has 2 aromatic heterocycles. The van der Waals surface area contributed by atoms with Gasteiger partial charge in [0.15, 0.2) is 0 Å². The summed E-state index contributed by atoms with van der Waals surface area (Å²) in [5.74, 6) is 0.142. The second-order valence-corrected chi connectivity index (χ2v) is 12.7. The topological polar surface area (TPSA) is 181 Å². The summed E-state index contributed by atoms with van der Waals surface area (Å²) in [6, 6.07) is 14.6. The molecule has 0 saturated carbocycles. The van der Waals surface area contributed by atoms with E-state index >= 15 is 0 Å². The van der Waals surface area contributed by atoms with E-state index in [1.807, 2.05) is 36.5 Å². The molecule has 1 atom stereocenters. The Hall–Kier alpha value is -5.76. The number of aromatic nitrogens is 4. The Bertz CT molecular complexity index is 1960. The Morgan fingerprint density at radius 2 is 1.82 bits per heavy atom. The second kappa shape index (κ2) is 14.8. The van der Waals surface area contributed by atoms with E-state index in [0.717, 1.165) is 67.7 Å². The molecule has 14 nitrogen and oxygen atoms in total. The maximum Gasteiger partial charge on any atom is 0.255 e. The van der Waals surface area contributed by atoms with Crippen LogP contribution in [0.2, 0.25) is 0 Å². The molecular weight excluding hydrogens is 634 g/mol. The fourth-order valence-electron chi connectivity index (χ4n) is 6.67. The molecule has 3 amide bonds. The van der Waals surface area contributed by atoms with Crippen LogP contribution in [0.3, 0.4) is 0 Å². The molecule has 3 aliphatic rings. The maximum atomic E-state index is 13.2. The molecule has 2 aromatic carbocycles. The number of rotatable bonds is 12. The Balaban J connectivity index is 0.862. The van der Waals surface area contributed by atoms with Crippen molar-refractivity contribution in [2.24, 2.45) is 0 Å². The number of anilines is 3. The average molecular weight is 674 g/mol. The number of carbonyl (C=O) groups is 3. The first-order chi connectivity index (χ1) is 24.4. The van der Waals surface area contributed by atoms with Crippen LogP contribution < -0.4 is 21.3 Å². The molecule has 2 saturated heterocycles. The molecule has 0 radical (unpaired) electrons. The minimum Gasteiger partial charge on any atom is -0.387 e. The van der Waals surface area contributed by atoms with Gasteiger partial charge in [0.05, 0.1) is 22.9 Å². The monoisotopic (exact) mass is 673 g/mol. The van der Waals surface area contributed by atoms with Gasteiger partial charge in [-0.2, -0.15) is 4.98 Å². The van der Waals surface area contributed by atoms with Crippen molar-refractivity contribution in [3.8, 4) is 0 Å². The first-order valence-corrected chi connectivity index (χ1v) is 17.0. The lowest BCUT2D eigenvalue weighted by Gasteiger charge is -2.32. The Morgan fingerprint density at radius 3 is 2.64 bits per heavy atom. The van der Waals surface area contributed by atoms with Crippen LogP contribution in [0.5, 0.6) is 0 Å². The van der Waals surface area contributed by atoms with Gasteiger partial charge < -0.3 is 31.2 Å². The molecule has 7 rings (SSSR count). The number of amides is 3. The summed E-state index contributed by atoms with van der Waals surface area (Å²) in [7, 11) is 0. The molecule has 5 N–H and O–H groups in total. The molecule has 4 aromatic rings. The number of para-hydroxylation sites is 2. The van der Waals surface area contributed by atoms with E-state index in [-0.39, 0.29) is 24.8 Å². The van der Waals surface area contributed by atoms with Gasteiger partial charge in [0.1, 0.15) is 11.9 Å². The number of imide groups is 1. The van der Waals surface area contributed by atoms with E-state index < -0.39 is 11.9 Å². The predicted molar refractivity (Wildman–Crippen MR) is 190 cm³/mol. The highest BCUT2D eigenvalue weighted by molar-refractivity contribution is 6.08. The fraction of sp³-hybridized carbons (Fsp3) is 0.333. The molecule has 2 fully saturated rings. The number of nitrogens with one attached hydrogen (secondary N) is 5. The lowest BCUT2D eigenvalue weighted by atomic mass is 10.0. The number of allylic oxidation sites excluding steroid dienone is 1. The van der Waals surface area contributed by atoms with E-state index in [4.69, 9.17) is 5.41 Å². The average Bonchev–Trinajstić information content (AvgIpc) is 3.47. The molecular formula is C36H39N11O3. The van der Waals surface area contributed by atoms with Crippen molar-refractivity contribution in [2.45, 2.75) is 50.7 Å². The van der Waals surface area contributed by atoms with Crippen molar-refractivity contribution in [1.82, 2.24) is 40.4 Å². The van der Waals surface area contributed by atoms with Crippen molar-refractivity contribution in [1.29, 1.82) is 5.41 Å². The molecule has 14 heteroatoms. The zero-order valence-electron chi connectivity index (χ0n) is 27.6. The van der Waals surface area contributed by atoms with Gasteiger partial charge in [-0.05, 0) is 62.6 Å². The van der Waals surface area contributed by atoms with Crippen LogP contribution in [0, 0.1) is 5.41 Å². The van der Waals surface area contributed by atoms with E-state index in [0.29, 0.717) is 41.1 Å². The number of hydrogen-bond acceptors (Lipinski definition) is 12. The summed E-state index contributed by atoms with van der Waals surface area (Å²) in [5.41, 5.74) is 5.10. The molecule has 0 spiro atoms. The second-order valence-electron chi connectivity index (χ2n) is 12.7. The van der Waals surface area contributed by atoms with Crippen molar-refractivity contribution in [3.63, 3.8) is 0 Å². The standard InChI is InChI=1S/C36H39N11O3/c37-19-23(30-21-41-28-6-1-2-7-29(28)42-30)20-40-24-12-17-46(18-13-24)16-4-14-38-36-39-15-11-32(44-36)43-27-8-3-5-25-26(27)22-47(35(25)50)31-9-10-33(48)45-34(31)49/h1-3,5-8,11,15,19-21,24,31,37,40H,4,9-10,12-14,16-18,22H2,(H,45,48,49)(H2,38,39,43,44)/b23-20+,37-19?. The van der Waals surface area contributed by atoms with Gasteiger partial charge in [0.25, 0.3) is 5.91 Å². The van der Waals surface area contributed by atoms with Crippen LogP contribution in [0.15, 0.2) is 67.1 Å². The number of piperidine rings is 2. The van der Waals surface area contributed by atoms with Gasteiger partial charge in [-0.15, -0.1) is 0 Å². The van der Waals surface area contributed by atoms with E-state index in [1.165, 1.54) is 11.1 Å². The molecule has 50 heavy (non-hydrogen) atoms. The molecule has 256 valence electrons. The smallest absolute Gasteiger partial charge is 0.255 e. The lowest BCUT2D eigenvalue weighted by molar-refractivity contribution is -0.136. The van der Waals surface area contributed by atoms with Crippen LogP contribution in [-0.4, -0.2) is 91.9 Å². The number of likely N-dealkylation sites (tertiary alicyclic amines) is 1. The van der Waals surface area contributed by atoms with Crippen molar-refractivity contribution in [3.05, 3.63) is 83.9 Å². The molecule has 5 heterocycles. The summed E-state index contributed by atoms with van der Waals surface area (Å²) < 4.78 is 0. The number of nitrogens with zero attached hydrogens (tertiary/aromatic N) is 6. The summed E-state index contributed by atoms with van der Waals surface area (Å²) in [5, 5.41) is 20.4. The number of carbonyl (C=O) groups excluding carboxylic acids is 3. The third-order valence-electron chi connectivity index (χ3n) is 9.40. The van der Waals surface area contributed by atoms with Gasteiger partial charge in [-0.25, -0.2) is 9.97 Å². The van der Waals surface area contributed by atoms with Crippen LogP contribution in [0.1, 0.15) is 53.7 Å². The van der Waals surface area contributed by atoms with Gasteiger partial charge in [0, 0.05) is 79.6 Å². The summed E-state index contributed by atoms with van der Waals surface area (Å²) in [6.45, 7) is 3.93. The first-order valence-electron chi connectivity index (χ1n) is 17.0. The highest BCUT2D eigenvalue weighted by Crippen LogP contribution is 2.33. The zero-order chi connectivity index (χ0) is 34.5. The van der Waals surface area contributed by atoms with Crippen LogP contribution in [0.4, 0.5) is 17.5 Å². The minimum absolute atomic E-state index is 0.213.